The van der Waals surface area contributed by atoms with Crippen molar-refractivity contribution in [3.63, 3.8) is 0 Å². The molecule has 4 aromatic rings. The molecule has 0 fully saturated rings. The minimum absolute atomic E-state index is 0.134. The second kappa shape index (κ2) is 12.0. The molecule has 0 saturated carbocycles. The van der Waals surface area contributed by atoms with Crippen LogP contribution in [-0.4, -0.2) is 45.2 Å². The van der Waals surface area contributed by atoms with Crippen LogP contribution in [0.3, 0.4) is 0 Å². The lowest BCUT2D eigenvalue weighted by molar-refractivity contribution is -0.125. The van der Waals surface area contributed by atoms with Gasteiger partial charge in [0.1, 0.15) is 16.8 Å². The molecular formula is C27H28Cl2N6O2S. The first kappa shape index (κ1) is 27.6. The molecule has 1 heterocycles. The number of hydrogen-bond donors (Lipinski definition) is 2. The van der Waals surface area contributed by atoms with Crippen LogP contribution in [0.15, 0.2) is 54.6 Å². The molecule has 3 aromatic carbocycles. The standard InChI is InChI=1S/C27H28Cl2N6O2S/c1-5-34(6-2)19-8-10-20(11-9-19)35-32-23-13-16(3)22(15-24(23)33-35)30-27(38)31-26(36)17(4)37-25-12-7-18(28)14-21(25)29/h7-15,17H,5-6H2,1-4H3,(H2,30,31,36,38). The summed E-state index contributed by atoms with van der Waals surface area (Å²) >= 11 is 17.4. The molecular weight excluding hydrogens is 543 g/mol. The molecule has 0 spiro atoms. The fourth-order valence-electron chi connectivity index (χ4n) is 3.89. The van der Waals surface area contributed by atoms with Crippen molar-refractivity contribution in [3.8, 4) is 11.4 Å². The van der Waals surface area contributed by atoms with E-state index in [1.807, 2.05) is 31.2 Å². The van der Waals surface area contributed by atoms with Crippen LogP contribution in [0.4, 0.5) is 11.4 Å². The van der Waals surface area contributed by atoms with E-state index in [9.17, 15) is 4.79 Å². The van der Waals surface area contributed by atoms with Crippen molar-refractivity contribution in [2.24, 2.45) is 0 Å². The van der Waals surface area contributed by atoms with Gasteiger partial charge >= 0.3 is 0 Å². The number of nitrogens with zero attached hydrogens (tertiary/aromatic N) is 4. The summed E-state index contributed by atoms with van der Waals surface area (Å²) in [6, 6.07) is 16.7. The first-order valence-corrected chi connectivity index (χ1v) is 13.3. The summed E-state index contributed by atoms with van der Waals surface area (Å²) in [5, 5.41) is 15.9. The Morgan fingerprint density at radius 2 is 1.71 bits per heavy atom. The first-order chi connectivity index (χ1) is 18.2. The Labute approximate surface area is 236 Å². The lowest BCUT2D eigenvalue weighted by Gasteiger charge is -2.20. The number of aromatic nitrogens is 3. The normalized spacial score (nSPS) is 11.7. The lowest BCUT2D eigenvalue weighted by atomic mass is 10.2. The Morgan fingerprint density at radius 3 is 2.34 bits per heavy atom. The van der Waals surface area contributed by atoms with Gasteiger partial charge in [0, 0.05) is 29.5 Å². The number of carbonyl (C=O) groups excluding carboxylic acids is 1. The van der Waals surface area contributed by atoms with Crippen molar-refractivity contribution in [1.29, 1.82) is 0 Å². The lowest BCUT2D eigenvalue weighted by Crippen LogP contribution is -2.42. The third-order valence-corrected chi connectivity index (χ3v) is 6.72. The molecule has 1 aromatic heterocycles. The van der Waals surface area contributed by atoms with E-state index in [0.717, 1.165) is 35.5 Å². The van der Waals surface area contributed by atoms with Gasteiger partial charge in [-0.05, 0) is 100 Å². The van der Waals surface area contributed by atoms with E-state index in [1.165, 1.54) is 0 Å². The van der Waals surface area contributed by atoms with E-state index in [4.69, 9.17) is 40.2 Å². The van der Waals surface area contributed by atoms with Crippen molar-refractivity contribution in [2.75, 3.05) is 23.3 Å². The maximum absolute atomic E-state index is 12.6. The van der Waals surface area contributed by atoms with Crippen LogP contribution in [0.2, 0.25) is 10.0 Å². The number of rotatable bonds is 8. The largest absolute Gasteiger partial charge is 0.479 e. The summed E-state index contributed by atoms with van der Waals surface area (Å²) < 4.78 is 5.66. The molecule has 4 rings (SSSR count). The van der Waals surface area contributed by atoms with Crippen LogP contribution in [0, 0.1) is 6.92 Å². The van der Waals surface area contributed by atoms with E-state index in [0.29, 0.717) is 27.0 Å². The number of thiocarbonyl (C=S) groups is 1. The Hall–Kier alpha value is -3.40. The van der Waals surface area contributed by atoms with Gasteiger partial charge < -0.3 is 15.0 Å². The van der Waals surface area contributed by atoms with Gasteiger partial charge in [-0.15, -0.1) is 10.2 Å². The maximum Gasteiger partial charge on any atom is 0.266 e. The number of amides is 1. The fraction of sp³-hybridized carbons (Fsp3) is 0.259. The molecule has 198 valence electrons. The third kappa shape index (κ3) is 6.35. The Balaban J connectivity index is 1.43. The molecule has 8 nitrogen and oxygen atoms in total. The number of anilines is 2. The molecule has 0 bridgehead atoms. The monoisotopic (exact) mass is 570 g/mol. The Bertz CT molecular complexity index is 1470. The molecule has 0 radical (unpaired) electrons. The highest BCUT2D eigenvalue weighted by atomic mass is 35.5. The van der Waals surface area contributed by atoms with Crippen molar-refractivity contribution < 1.29 is 9.53 Å². The number of fused-ring (bicyclic) bond motifs is 1. The second-order valence-corrected chi connectivity index (χ2v) is 9.86. The van der Waals surface area contributed by atoms with Crippen LogP contribution >= 0.6 is 35.4 Å². The molecule has 1 amide bonds. The summed E-state index contributed by atoms with van der Waals surface area (Å²) in [5.41, 5.74) is 5.06. The maximum atomic E-state index is 12.6. The third-order valence-electron chi connectivity index (χ3n) is 5.99. The number of halogens is 2. The highest BCUT2D eigenvalue weighted by molar-refractivity contribution is 7.80. The van der Waals surface area contributed by atoms with E-state index in [2.05, 4.69) is 51.7 Å². The molecule has 38 heavy (non-hydrogen) atoms. The zero-order valence-corrected chi connectivity index (χ0v) is 23.8. The van der Waals surface area contributed by atoms with Gasteiger partial charge in [-0.25, -0.2) is 0 Å². The number of carbonyl (C=O) groups is 1. The zero-order valence-electron chi connectivity index (χ0n) is 21.5. The van der Waals surface area contributed by atoms with Crippen molar-refractivity contribution in [3.05, 3.63) is 70.2 Å². The molecule has 0 aliphatic rings. The van der Waals surface area contributed by atoms with Gasteiger partial charge in [0.15, 0.2) is 11.2 Å². The predicted octanol–water partition coefficient (Wildman–Crippen LogP) is 6.16. The number of hydrogen-bond acceptors (Lipinski definition) is 6. The van der Waals surface area contributed by atoms with Gasteiger partial charge in [-0.2, -0.15) is 4.80 Å². The zero-order chi connectivity index (χ0) is 27.4. The highest BCUT2D eigenvalue weighted by Crippen LogP contribution is 2.28. The summed E-state index contributed by atoms with van der Waals surface area (Å²) in [7, 11) is 0. The number of nitrogens with one attached hydrogen (secondary N) is 2. The fourth-order valence-corrected chi connectivity index (χ4v) is 4.55. The minimum Gasteiger partial charge on any atom is -0.479 e. The molecule has 1 atom stereocenters. The number of ether oxygens (including phenoxy) is 1. The topological polar surface area (TPSA) is 84.3 Å². The van der Waals surface area contributed by atoms with Gasteiger partial charge in [0.05, 0.1) is 10.7 Å². The number of aryl methyl sites for hydroxylation is 1. The first-order valence-electron chi connectivity index (χ1n) is 12.1. The Kier molecular flexibility index (Phi) is 8.71. The van der Waals surface area contributed by atoms with Crippen molar-refractivity contribution >= 4 is 68.8 Å². The molecule has 1 unspecified atom stereocenters. The van der Waals surface area contributed by atoms with Crippen LogP contribution in [-0.2, 0) is 4.79 Å². The average molecular weight is 572 g/mol. The second-order valence-electron chi connectivity index (χ2n) is 8.61. The molecule has 0 aliphatic carbocycles. The van der Waals surface area contributed by atoms with Crippen molar-refractivity contribution in [2.45, 2.75) is 33.8 Å². The number of benzene rings is 3. The van der Waals surface area contributed by atoms with Crippen LogP contribution in [0.25, 0.3) is 16.7 Å². The summed E-state index contributed by atoms with van der Waals surface area (Å²) in [5.74, 6) is -0.0731. The van der Waals surface area contributed by atoms with Gasteiger partial charge in [0.2, 0.25) is 0 Å². The van der Waals surface area contributed by atoms with E-state index < -0.39 is 12.0 Å². The minimum atomic E-state index is -0.843. The van der Waals surface area contributed by atoms with E-state index >= 15 is 0 Å². The summed E-state index contributed by atoms with van der Waals surface area (Å²) in [4.78, 5) is 16.5. The summed E-state index contributed by atoms with van der Waals surface area (Å²) in [6.45, 7) is 9.69. The molecule has 0 saturated heterocycles. The predicted molar refractivity (Wildman–Crippen MR) is 158 cm³/mol. The average Bonchev–Trinajstić information content (AvgIpc) is 3.29. The van der Waals surface area contributed by atoms with E-state index in [-0.39, 0.29) is 5.11 Å². The quantitative estimate of drug-likeness (QED) is 0.245. The Morgan fingerprint density at radius 1 is 1.05 bits per heavy atom. The van der Waals surface area contributed by atoms with Gasteiger partial charge in [0.25, 0.3) is 5.91 Å². The molecule has 11 heteroatoms. The van der Waals surface area contributed by atoms with Crippen molar-refractivity contribution in [1.82, 2.24) is 20.3 Å². The molecule has 2 N–H and O–H groups in total. The van der Waals surface area contributed by atoms with Gasteiger partial charge in [-0.1, -0.05) is 23.2 Å². The molecule has 0 aliphatic heterocycles. The highest BCUT2D eigenvalue weighted by Gasteiger charge is 2.18. The SMILES string of the molecule is CCN(CC)c1ccc(-n2nc3cc(C)c(NC(=S)NC(=O)C(C)Oc4ccc(Cl)cc4Cl)cc3n2)cc1. The smallest absolute Gasteiger partial charge is 0.266 e. The van der Waals surface area contributed by atoms with Gasteiger partial charge in [-0.3, -0.25) is 10.1 Å². The van der Waals surface area contributed by atoms with Crippen LogP contribution in [0.1, 0.15) is 26.3 Å². The van der Waals surface area contributed by atoms with E-state index in [1.54, 1.807) is 29.9 Å². The van der Waals surface area contributed by atoms with Crippen LogP contribution < -0.4 is 20.3 Å². The summed E-state index contributed by atoms with van der Waals surface area (Å²) in [6.07, 6.45) is -0.843. The van der Waals surface area contributed by atoms with Crippen LogP contribution in [0.5, 0.6) is 5.75 Å².